The Balaban J connectivity index is 1.51. The largest absolute Gasteiger partial charge is 0.338 e. The molecule has 0 unspecified atom stereocenters. The molecule has 5 heteroatoms. The zero-order valence-corrected chi connectivity index (χ0v) is 14.7. The summed E-state index contributed by atoms with van der Waals surface area (Å²) in [6.45, 7) is 3.85. The molecule has 26 heavy (non-hydrogen) atoms. The molecule has 4 nitrogen and oxygen atoms in total. The van der Waals surface area contributed by atoms with Crippen molar-refractivity contribution in [2.24, 2.45) is 5.41 Å². The van der Waals surface area contributed by atoms with Crippen LogP contribution in [0.1, 0.15) is 28.8 Å². The summed E-state index contributed by atoms with van der Waals surface area (Å²) in [5.41, 5.74) is 2.34. The van der Waals surface area contributed by atoms with Gasteiger partial charge in [0.2, 0.25) is 5.91 Å². The fourth-order valence-electron chi connectivity index (χ4n) is 4.14. The molecule has 2 aliphatic rings. The highest BCUT2D eigenvalue weighted by atomic mass is 19.1. The highest BCUT2D eigenvalue weighted by Gasteiger charge is 2.49. The molecule has 2 aliphatic heterocycles. The number of hydrogen-bond acceptors (Lipinski definition) is 2. The Kier molecular flexibility index (Phi) is 4.02. The van der Waals surface area contributed by atoms with E-state index >= 15 is 0 Å². The summed E-state index contributed by atoms with van der Waals surface area (Å²) >= 11 is 0. The zero-order valence-electron chi connectivity index (χ0n) is 14.7. The Labute approximate surface area is 152 Å². The molecule has 0 radical (unpaired) electrons. The van der Waals surface area contributed by atoms with Crippen molar-refractivity contribution in [3.63, 3.8) is 0 Å². The maximum Gasteiger partial charge on any atom is 0.253 e. The molecule has 1 spiro atoms. The number of carbonyl (C=O) groups excluding carboxylic acids is 2. The first-order chi connectivity index (χ1) is 12.5. The molecule has 0 aliphatic carbocycles. The van der Waals surface area contributed by atoms with Crippen LogP contribution < -0.4 is 4.90 Å². The smallest absolute Gasteiger partial charge is 0.253 e. The quantitative estimate of drug-likeness (QED) is 0.831. The molecular weight excluding hydrogens is 331 g/mol. The van der Waals surface area contributed by atoms with Crippen LogP contribution >= 0.6 is 0 Å². The molecule has 2 heterocycles. The molecule has 2 aromatic carbocycles. The first-order valence-electron chi connectivity index (χ1n) is 8.88. The Hall–Kier alpha value is -2.69. The van der Waals surface area contributed by atoms with Gasteiger partial charge in [0, 0.05) is 42.7 Å². The topological polar surface area (TPSA) is 40.6 Å². The monoisotopic (exact) mass is 352 g/mol. The van der Waals surface area contributed by atoms with Crippen LogP contribution in [0.15, 0.2) is 48.5 Å². The van der Waals surface area contributed by atoms with Gasteiger partial charge in [-0.2, -0.15) is 0 Å². The van der Waals surface area contributed by atoms with E-state index in [1.807, 2.05) is 36.1 Å². The van der Waals surface area contributed by atoms with Crippen molar-refractivity contribution < 1.29 is 14.0 Å². The minimum Gasteiger partial charge on any atom is -0.338 e. The fraction of sp³-hybridized carbons (Fsp3) is 0.333. The standard InChI is InChI=1S/C21H21FN2O2/c1-15-4-2-3-5-18(15)24-14-21(12-19(24)25)10-11-23(13-21)20(26)16-6-8-17(22)9-7-16/h2-9H,10-14H2,1H3/t21-/m1/s1. The van der Waals surface area contributed by atoms with E-state index in [0.717, 1.165) is 17.7 Å². The van der Waals surface area contributed by atoms with E-state index < -0.39 is 0 Å². The number of amides is 2. The van der Waals surface area contributed by atoms with Crippen molar-refractivity contribution >= 4 is 17.5 Å². The van der Waals surface area contributed by atoms with Gasteiger partial charge >= 0.3 is 0 Å². The van der Waals surface area contributed by atoms with E-state index in [2.05, 4.69) is 0 Å². The Morgan fingerprint density at radius 1 is 1.08 bits per heavy atom. The van der Waals surface area contributed by atoms with E-state index in [-0.39, 0.29) is 23.0 Å². The number of aryl methyl sites for hydroxylation is 1. The van der Waals surface area contributed by atoms with E-state index in [0.29, 0.717) is 31.6 Å². The summed E-state index contributed by atoms with van der Waals surface area (Å²) < 4.78 is 13.1. The second-order valence-electron chi connectivity index (χ2n) is 7.43. The van der Waals surface area contributed by atoms with E-state index in [1.165, 1.54) is 24.3 Å². The van der Waals surface area contributed by atoms with Gasteiger partial charge in [-0.25, -0.2) is 4.39 Å². The van der Waals surface area contributed by atoms with Crippen molar-refractivity contribution in [3.05, 3.63) is 65.5 Å². The molecule has 0 aromatic heterocycles. The summed E-state index contributed by atoms with van der Waals surface area (Å²) in [5, 5.41) is 0. The number of halogens is 1. The van der Waals surface area contributed by atoms with E-state index in [1.54, 1.807) is 4.90 Å². The van der Waals surface area contributed by atoms with Crippen molar-refractivity contribution in [2.75, 3.05) is 24.5 Å². The van der Waals surface area contributed by atoms with Gasteiger partial charge in [-0.1, -0.05) is 18.2 Å². The lowest BCUT2D eigenvalue weighted by molar-refractivity contribution is -0.117. The third-order valence-electron chi connectivity index (χ3n) is 5.54. The first kappa shape index (κ1) is 16.8. The molecule has 0 saturated carbocycles. The van der Waals surface area contributed by atoms with Gasteiger partial charge < -0.3 is 9.80 Å². The lowest BCUT2D eigenvalue weighted by Gasteiger charge is -2.25. The molecule has 1 atom stereocenters. The lowest BCUT2D eigenvalue weighted by Crippen LogP contribution is -2.34. The first-order valence-corrected chi connectivity index (χ1v) is 8.88. The molecule has 0 N–H and O–H groups in total. The van der Waals surface area contributed by atoms with Gasteiger partial charge in [0.05, 0.1) is 0 Å². The van der Waals surface area contributed by atoms with Crippen LogP contribution in [-0.2, 0) is 4.79 Å². The van der Waals surface area contributed by atoms with E-state index in [9.17, 15) is 14.0 Å². The van der Waals surface area contributed by atoms with Gasteiger partial charge in [0.25, 0.3) is 5.91 Å². The molecule has 2 amide bonds. The third kappa shape index (κ3) is 2.87. The number of benzene rings is 2. The summed E-state index contributed by atoms with van der Waals surface area (Å²) in [7, 11) is 0. The molecule has 0 bridgehead atoms. The molecule has 134 valence electrons. The third-order valence-corrected chi connectivity index (χ3v) is 5.54. The molecule has 2 aromatic rings. The maximum atomic E-state index is 13.1. The Morgan fingerprint density at radius 2 is 1.81 bits per heavy atom. The lowest BCUT2D eigenvalue weighted by atomic mass is 9.86. The maximum absolute atomic E-state index is 13.1. The van der Waals surface area contributed by atoms with Crippen LogP contribution in [-0.4, -0.2) is 36.3 Å². The summed E-state index contributed by atoms with van der Waals surface area (Å²) in [6, 6.07) is 13.5. The average molecular weight is 352 g/mol. The van der Waals surface area contributed by atoms with Gasteiger partial charge in [-0.3, -0.25) is 9.59 Å². The average Bonchev–Trinajstić information content (AvgIpc) is 3.18. The summed E-state index contributed by atoms with van der Waals surface area (Å²) in [5.74, 6) is -0.325. The number of anilines is 1. The minimum absolute atomic E-state index is 0.0938. The zero-order chi connectivity index (χ0) is 18.3. The molecule has 2 fully saturated rings. The number of para-hydroxylation sites is 1. The predicted octanol–water partition coefficient (Wildman–Crippen LogP) is 3.40. The number of nitrogens with zero attached hydrogens (tertiary/aromatic N) is 2. The SMILES string of the molecule is Cc1ccccc1N1C[C@]2(CCN(C(=O)c3ccc(F)cc3)C2)CC1=O. The number of likely N-dealkylation sites (tertiary alicyclic amines) is 1. The van der Waals surface area contributed by atoms with Crippen LogP contribution in [0.3, 0.4) is 0 Å². The van der Waals surface area contributed by atoms with Crippen LogP contribution in [0.25, 0.3) is 0 Å². The predicted molar refractivity (Wildman–Crippen MR) is 97.5 cm³/mol. The number of carbonyl (C=O) groups is 2. The highest BCUT2D eigenvalue weighted by Crippen LogP contribution is 2.42. The van der Waals surface area contributed by atoms with Gasteiger partial charge in [0.1, 0.15) is 5.82 Å². The van der Waals surface area contributed by atoms with Crippen LogP contribution in [0.4, 0.5) is 10.1 Å². The van der Waals surface area contributed by atoms with Crippen LogP contribution in [0.2, 0.25) is 0 Å². The molecular formula is C21H21FN2O2. The van der Waals surface area contributed by atoms with Crippen molar-refractivity contribution in [1.29, 1.82) is 0 Å². The minimum atomic E-state index is -0.352. The van der Waals surface area contributed by atoms with Crippen LogP contribution in [0, 0.1) is 18.2 Å². The molecule has 2 saturated heterocycles. The van der Waals surface area contributed by atoms with E-state index in [4.69, 9.17) is 0 Å². The summed E-state index contributed by atoms with van der Waals surface area (Å²) in [6.07, 6.45) is 1.28. The normalized spacial score (nSPS) is 22.5. The van der Waals surface area contributed by atoms with Gasteiger partial charge in [0.15, 0.2) is 0 Å². The Morgan fingerprint density at radius 3 is 2.54 bits per heavy atom. The second kappa shape index (κ2) is 6.24. The van der Waals surface area contributed by atoms with Crippen molar-refractivity contribution in [3.8, 4) is 0 Å². The highest BCUT2D eigenvalue weighted by molar-refractivity contribution is 5.98. The molecule has 4 rings (SSSR count). The van der Waals surface area contributed by atoms with Crippen molar-refractivity contribution in [2.45, 2.75) is 19.8 Å². The van der Waals surface area contributed by atoms with Gasteiger partial charge in [-0.05, 0) is 49.2 Å². The number of rotatable bonds is 2. The Bertz CT molecular complexity index is 865. The van der Waals surface area contributed by atoms with Gasteiger partial charge in [-0.15, -0.1) is 0 Å². The number of hydrogen-bond donors (Lipinski definition) is 0. The fourth-order valence-corrected chi connectivity index (χ4v) is 4.14. The summed E-state index contributed by atoms with van der Waals surface area (Å²) in [4.78, 5) is 29.0. The second-order valence-corrected chi connectivity index (χ2v) is 7.43. The van der Waals surface area contributed by atoms with Crippen molar-refractivity contribution in [1.82, 2.24) is 4.90 Å². The van der Waals surface area contributed by atoms with Crippen LogP contribution in [0.5, 0.6) is 0 Å².